The summed E-state index contributed by atoms with van der Waals surface area (Å²) in [7, 11) is -2.84. The third-order valence-electron chi connectivity index (χ3n) is 1.64. The first-order valence-corrected chi connectivity index (χ1v) is 6.54. The van der Waals surface area contributed by atoms with Crippen LogP contribution in [0.25, 0.3) is 0 Å². The van der Waals surface area contributed by atoms with Crippen LogP contribution in [0.15, 0.2) is 34.7 Å². The molecule has 0 bridgehead atoms. The number of carbonyl (C=O) groups excluding carboxylic acids is 2. The first kappa shape index (κ1) is 17.6. The maximum absolute atomic E-state index is 10.5. The van der Waals surface area contributed by atoms with Gasteiger partial charge in [0.25, 0.3) is 0 Å². The van der Waals surface area contributed by atoms with Gasteiger partial charge in [0, 0.05) is 0 Å². The molecule has 0 aliphatic rings. The van der Waals surface area contributed by atoms with Crippen LogP contribution in [0.3, 0.4) is 0 Å². The number of ether oxygens (including phenoxy) is 1. The van der Waals surface area contributed by atoms with Gasteiger partial charge in [-0.05, 0) is 13.8 Å². The molecule has 8 nitrogen and oxygen atoms in total. The Hall–Kier alpha value is -2.42. The molecule has 1 aromatic carbocycles. The predicted molar refractivity (Wildman–Crippen MR) is 71.2 cm³/mol. The number of hydrogen-bond acceptors (Lipinski definition) is 5. The van der Waals surface area contributed by atoms with E-state index in [0.717, 1.165) is 0 Å². The Labute approximate surface area is 117 Å². The van der Waals surface area contributed by atoms with Gasteiger partial charge in [0.05, 0.1) is 6.61 Å². The molecule has 0 aromatic heterocycles. The van der Waals surface area contributed by atoms with Crippen LogP contribution in [-0.4, -0.2) is 27.1 Å². The fraction of sp³-hybridized carbons (Fsp3) is 0.273. The Morgan fingerprint density at radius 2 is 1.80 bits per heavy atom. The summed E-state index contributed by atoms with van der Waals surface area (Å²) in [5.41, 5.74) is 4.76. The Morgan fingerprint density at radius 1 is 1.20 bits per heavy atom. The molecule has 0 saturated heterocycles. The molecule has 1 rings (SSSR count). The molecular weight excluding hydrogens is 286 g/mol. The summed E-state index contributed by atoms with van der Waals surface area (Å²) in [4.78, 5) is 20.9. The molecule has 0 radical (unpaired) electrons. The molecule has 2 N–H and O–H groups in total. The van der Waals surface area contributed by atoms with Crippen molar-refractivity contribution in [2.75, 3.05) is 6.61 Å². The quantitative estimate of drug-likeness (QED) is 0.761. The summed E-state index contributed by atoms with van der Waals surface area (Å²) in [5, 5.41) is 0. The minimum atomic E-state index is -2.84. The number of hydrazine groups is 1. The van der Waals surface area contributed by atoms with Crippen molar-refractivity contribution in [2.45, 2.75) is 13.8 Å². The van der Waals surface area contributed by atoms with E-state index in [0.29, 0.717) is 0 Å². The predicted octanol–water partition coefficient (Wildman–Crippen LogP) is 1.41. The van der Waals surface area contributed by atoms with Gasteiger partial charge in [0.1, 0.15) is 0 Å². The van der Waals surface area contributed by atoms with Crippen LogP contribution in [0, 0.1) is 6.92 Å². The lowest BCUT2D eigenvalue weighted by Gasteiger charge is -2.02. The van der Waals surface area contributed by atoms with E-state index in [1.54, 1.807) is 17.8 Å². The van der Waals surface area contributed by atoms with Crippen molar-refractivity contribution < 1.29 is 22.7 Å². The number of carbonyl (C=O) groups is 2. The summed E-state index contributed by atoms with van der Waals surface area (Å²) in [5.74, 6) is 0. The lowest BCUT2D eigenvalue weighted by molar-refractivity contribution is 0.147. The number of urea groups is 1. The SMILES string of the molecule is CCOC(=O)NNC(=O)N=S(=O)=O.Cc1ccccc1. The number of aryl methyl sites for hydroxylation is 1. The number of rotatable bonds is 1. The van der Waals surface area contributed by atoms with Crippen molar-refractivity contribution in [1.82, 2.24) is 10.9 Å². The van der Waals surface area contributed by atoms with Crippen molar-refractivity contribution in [3.05, 3.63) is 35.9 Å². The molecule has 0 fully saturated rings. The van der Waals surface area contributed by atoms with Crippen LogP contribution in [-0.2, 0) is 15.2 Å². The van der Waals surface area contributed by atoms with E-state index >= 15 is 0 Å². The van der Waals surface area contributed by atoms with Gasteiger partial charge in [-0.15, -0.1) is 0 Å². The van der Waals surface area contributed by atoms with Gasteiger partial charge < -0.3 is 4.74 Å². The molecule has 0 aliphatic heterocycles. The smallest absolute Gasteiger partial charge is 0.426 e. The lowest BCUT2D eigenvalue weighted by atomic mass is 10.2. The van der Waals surface area contributed by atoms with Crippen LogP contribution < -0.4 is 10.9 Å². The Balaban J connectivity index is 0.000000428. The number of nitrogens with one attached hydrogen (secondary N) is 2. The average molecular weight is 301 g/mol. The second-order valence-corrected chi connectivity index (χ2v) is 3.86. The minimum Gasteiger partial charge on any atom is -0.449 e. The van der Waals surface area contributed by atoms with E-state index in [-0.39, 0.29) is 6.61 Å². The molecule has 0 aliphatic carbocycles. The third-order valence-corrected chi connectivity index (χ3v) is 1.96. The molecular formula is C11H15N3O5S. The highest BCUT2D eigenvalue weighted by atomic mass is 32.2. The van der Waals surface area contributed by atoms with Crippen molar-refractivity contribution in [1.29, 1.82) is 0 Å². The van der Waals surface area contributed by atoms with E-state index < -0.39 is 22.6 Å². The topological polar surface area (TPSA) is 114 Å². The molecule has 110 valence electrons. The van der Waals surface area contributed by atoms with Gasteiger partial charge in [-0.3, -0.25) is 0 Å². The van der Waals surface area contributed by atoms with E-state index in [2.05, 4.69) is 28.2 Å². The number of nitrogens with zero attached hydrogens (tertiary/aromatic N) is 1. The van der Waals surface area contributed by atoms with Crippen molar-refractivity contribution in [2.24, 2.45) is 4.36 Å². The summed E-state index contributed by atoms with van der Waals surface area (Å²) in [6.07, 6.45) is -0.900. The summed E-state index contributed by atoms with van der Waals surface area (Å²) in [6, 6.07) is 9.05. The van der Waals surface area contributed by atoms with E-state index in [1.165, 1.54) is 5.56 Å². The molecule has 20 heavy (non-hydrogen) atoms. The van der Waals surface area contributed by atoms with Gasteiger partial charge in [-0.2, -0.15) is 8.42 Å². The molecule has 0 spiro atoms. The Kier molecular flexibility index (Phi) is 9.23. The Morgan fingerprint density at radius 3 is 2.20 bits per heavy atom. The monoisotopic (exact) mass is 301 g/mol. The van der Waals surface area contributed by atoms with Crippen molar-refractivity contribution in [3.8, 4) is 0 Å². The van der Waals surface area contributed by atoms with E-state index in [4.69, 9.17) is 0 Å². The maximum atomic E-state index is 10.5. The van der Waals surface area contributed by atoms with Gasteiger partial charge in [0.2, 0.25) is 0 Å². The highest BCUT2D eigenvalue weighted by Crippen LogP contribution is 1.92. The van der Waals surface area contributed by atoms with Crippen molar-refractivity contribution in [3.63, 3.8) is 0 Å². The normalized spacial score (nSPS) is 8.50. The van der Waals surface area contributed by atoms with E-state index in [1.807, 2.05) is 18.2 Å². The fourth-order valence-electron chi connectivity index (χ4n) is 0.897. The number of benzene rings is 1. The van der Waals surface area contributed by atoms with Crippen LogP contribution in [0.4, 0.5) is 9.59 Å². The zero-order valence-electron chi connectivity index (χ0n) is 11.0. The van der Waals surface area contributed by atoms with Crippen LogP contribution >= 0.6 is 0 Å². The second kappa shape index (κ2) is 10.5. The summed E-state index contributed by atoms with van der Waals surface area (Å²) >= 11 is 0. The molecule has 0 atom stereocenters. The lowest BCUT2D eigenvalue weighted by Crippen LogP contribution is -2.40. The highest BCUT2D eigenvalue weighted by molar-refractivity contribution is 7.62. The third kappa shape index (κ3) is 10.7. The highest BCUT2D eigenvalue weighted by Gasteiger charge is 2.02. The summed E-state index contributed by atoms with van der Waals surface area (Å²) < 4.78 is 26.5. The first-order chi connectivity index (χ1) is 9.45. The molecule has 0 unspecified atom stereocenters. The van der Waals surface area contributed by atoms with Crippen molar-refractivity contribution >= 4 is 22.6 Å². The molecule has 0 saturated carbocycles. The first-order valence-electron chi connectivity index (χ1n) is 5.51. The van der Waals surface area contributed by atoms with Gasteiger partial charge in [0.15, 0.2) is 0 Å². The average Bonchev–Trinajstić information content (AvgIpc) is 2.38. The maximum Gasteiger partial charge on any atom is 0.426 e. The van der Waals surface area contributed by atoms with Gasteiger partial charge in [-0.25, -0.2) is 20.4 Å². The fourth-order valence-corrected chi connectivity index (χ4v) is 1.08. The van der Waals surface area contributed by atoms with Crippen LogP contribution in [0.2, 0.25) is 0 Å². The van der Waals surface area contributed by atoms with Gasteiger partial charge in [-0.1, -0.05) is 40.3 Å². The van der Waals surface area contributed by atoms with Gasteiger partial charge >= 0.3 is 22.6 Å². The second-order valence-electron chi connectivity index (χ2n) is 3.24. The minimum absolute atomic E-state index is 0.131. The van der Waals surface area contributed by atoms with Crippen LogP contribution in [0.5, 0.6) is 0 Å². The number of hydrogen-bond donors (Lipinski definition) is 2. The van der Waals surface area contributed by atoms with E-state index in [9.17, 15) is 18.0 Å². The van der Waals surface area contributed by atoms with Crippen LogP contribution in [0.1, 0.15) is 12.5 Å². The largest absolute Gasteiger partial charge is 0.449 e. The summed E-state index contributed by atoms with van der Waals surface area (Å²) in [6.45, 7) is 3.78. The zero-order valence-corrected chi connectivity index (χ0v) is 11.8. The Bertz CT molecular complexity index is 549. The molecule has 0 heterocycles. The zero-order chi connectivity index (χ0) is 15.4. The standard InChI is InChI=1S/C7H8.C4H7N3O5S/c1-7-5-3-2-4-6-7;1-2-12-4(9)6-5-3(8)7-13(10)11/h2-6H,1H3;2H2,1H3,(H,5,8)(H,6,9). The number of amides is 3. The molecule has 1 aromatic rings. The molecule has 9 heteroatoms. The molecule has 3 amide bonds.